The zero-order valence-electron chi connectivity index (χ0n) is 5.72. The molecule has 0 saturated heterocycles. The third-order valence-corrected chi connectivity index (χ3v) is 2.94. The van der Waals surface area contributed by atoms with Gasteiger partial charge < -0.3 is 0 Å². The van der Waals surface area contributed by atoms with Gasteiger partial charge in [0.25, 0.3) is 0 Å². The van der Waals surface area contributed by atoms with Gasteiger partial charge in [-0.1, -0.05) is 69.4 Å². The molecule has 2 rings (SSSR count). The Bertz CT molecular complexity index is 353. The van der Waals surface area contributed by atoms with Gasteiger partial charge in [-0.2, -0.15) is 0 Å². The third-order valence-electron chi connectivity index (χ3n) is 1.69. The summed E-state index contributed by atoms with van der Waals surface area (Å²) in [5.74, 6) is 0. The maximum Gasteiger partial charge on any atom is 0.111 e. The molecule has 1 aliphatic rings. The van der Waals surface area contributed by atoms with Crippen LogP contribution in [0.5, 0.6) is 0 Å². The van der Waals surface area contributed by atoms with Crippen LogP contribution in [0.15, 0.2) is 24.3 Å². The molecule has 0 fully saturated rings. The SMILES string of the molecule is IC1(I)C=c2ccccc2=C1. The summed E-state index contributed by atoms with van der Waals surface area (Å²) in [7, 11) is 0. The number of benzene rings is 1. The number of halogens is 2. The van der Waals surface area contributed by atoms with Crippen molar-refractivity contribution in [1.29, 1.82) is 0 Å². The molecular formula is C9H6I2. The summed E-state index contributed by atoms with van der Waals surface area (Å²) >= 11 is 4.87. The Hall–Kier alpha value is 0.420. The number of fused-ring (bicyclic) bond motifs is 1. The van der Waals surface area contributed by atoms with Crippen LogP contribution in [0, 0.1) is 0 Å². The normalized spacial score (nSPS) is 18.4. The van der Waals surface area contributed by atoms with Gasteiger partial charge in [0, 0.05) is 0 Å². The largest absolute Gasteiger partial charge is 0.111 e. The highest BCUT2D eigenvalue weighted by Gasteiger charge is 2.18. The molecule has 2 heteroatoms. The number of hydrogen-bond donors (Lipinski definition) is 0. The number of hydrogen-bond acceptors (Lipinski definition) is 0. The van der Waals surface area contributed by atoms with Crippen molar-refractivity contribution in [3.05, 3.63) is 34.7 Å². The van der Waals surface area contributed by atoms with Crippen LogP contribution in [-0.4, -0.2) is 1.43 Å². The van der Waals surface area contributed by atoms with Crippen molar-refractivity contribution in [2.75, 3.05) is 0 Å². The molecule has 1 aromatic carbocycles. The van der Waals surface area contributed by atoms with Gasteiger partial charge in [-0.3, -0.25) is 0 Å². The average Bonchev–Trinajstić information content (AvgIpc) is 2.21. The number of rotatable bonds is 0. The lowest BCUT2D eigenvalue weighted by atomic mass is 10.3. The van der Waals surface area contributed by atoms with Crippen molar-refractivity contribution in [1.82, 2.24) is 0 Å². The van der Waals surface area contributed by atoms with Crippen molar-refractivity contribution >= 4 is 57.3 Å². The number of alkyl halides is 2. The van der Waals surface area contributed by atoms with Crippen LogP contribution in [-0.2, 0) is 0 Å². The monoisotopic (exact) mass is 368 g/mol. The zero-order chi connectivity index (χ0) is 7.90. The minimum atomic E-state index is 0.194. The van der Waals surface area contributed by atoms with E-state index in [0.29, 0.717) is 0 Å². The minimum absolute atomic E-state index is 0.194. The fraction of sp³-hybridized carbons (Fsp3) is 0.111. The second kappa shape index (κ2) is 2.73. The predicted molar refractivity (Wildman–Crippen MR) is 65.4 cm³/mol. The lowest BCUT2D eigenvalue weighted by molar-refractivity contribution is 1.55. The van der Waals surface area contributed by atoms with Crippen LogP contribution in [0.25, 0.3) is 12.2 Å². The van der Waals surface area contributed by atoms with Gasteiger partial charge in [0.2, 0.25) is 0 Å². The molecule has 1 aliphatic carbocycles. The van der Waals surface area contributed by atoms with Gasteiger partial charge in [0.05, 0.1) is 0 Å². The van der Waals surface area contributed by atoms with Crippen LogP contribution in [0.3, 0.4) is 0 Å². The maximum absolute atomic E-state index is 2.44. The summed E-state index contributed by atoms with van der Waals surface area (Å²) in [6.45, 7) is 0. The first kappa shape index (κ1) is 8.04. The lowest BCUT2D eigenvalue weighted by Crippen LogP contribution is -2.19. The summed E-state index contributed by atoms with van der Waals surface area (Å²) < 4.78 is 0.194. The molecule has 0 radical (unpaired) electrons. The Morgan fingerprint density at radius 3 is 1.82 bits per heavy atom. The van der Waals surface area contributed by atoms with E-state index in [1.165, 1.54) is 10.4 Å². The van der Waals surface area contributed by atoms with Crippen molar-refractivity contribution in [3.63, 3.8) is 0 Å². The van der Waals surface area contributed by atoms with Crippen LogP contribution < -0.4 is 10.4 Å². The molecule has 0 nitrogen and oxygen atoms in total. The molecule has 0 N–H and O–H groups in total. The topological polar surface area (TPSA) is 0 Å². The van der Waals surface area contributed by atoms with Crippen LogP contribution in [0.1, 0.15) is 0 Å². The Labute approximate surface area is 92.7 Å². The van der Waals surface area contributed by atoms with Crippen molar-refractivity contribution in [2.45, 2.75) is 1.43 Å². The molecule has 56 valence electrons. The van der Waals surface area contributed by atoms with E-state index in [2.05, 4.69) is 81.6 Å². The van der Waals surface area contributed by atoms with E-state index in [0.717, 1.165) is 0 Å². The fourth-order valence-electron chi connectivity index (χ4n) is 1.23. The van der Waals surface area contributed by atoms with E-state index in [4.69, 9.17) is 0 Å². The first-order valence-corrected chi connectivity index (χ1v) is 5.52. The molecule has 0 spiro atoms. The van der Waals surface area contributed by atoms with E-state index in [-0.39, 0.29) is 1.43 Å². The van der Waals surface area contributed by atoms with Crippen LogP contribution in [0.4, 0.5) is 0 Å². The Balaban J connectivity index is 2.81. The summed E-state index contributed by atoms with van der Waals surface area (Å²) in [6.07, 6.45) is 4.56. The molecule has 1 aromatic rings. The highest BCUT2D eigenvalue weighted by molar-refractivity contribution is 14.2. The molecule has 0 amide bonds. The molecule has 0 unspecified atom stereocenters. The highest BCUT2D eigenvalue weighted by Crippen LogP contribution is 2.32. The Kier molecular flexibility index (Phi) is 1.99. The summed E-state index contributed by atoms with van der Waals surface area (Å²) in [6, 6.07) is 8.48. The second-order valence-corrected chi connectivity index (χ2v) is 8.23. The quantitative estimate of drug-likeness (QED) is 0.485. The zero-order valence-corrected chi connectivity index (χ0v) is 10.0. The van der Waals surface area contributed by atoms with E-state index < -0.39 is 0 Å². The summed E-state index contributed by atoms with van der Waals surface area (Å²) in [5, 5.41) is 2.72. The van der Waals surface area contributed by atoms with Crippen LogP contribution >= 0.6 is 45.2 Å². The van der Waals surface area contributed by atoms with Gasteiger partial charge in [-0.05, 0) is 22.6 Å². The standard InChI is InChI=1S/C9H6I2/c10-9(11)5-7-3-1-2-4-8(7)6-9/h1-6H. The highest BCUT2D eigenvalue weighted by atomic mass is 127. The van der Waals surface area contributed by atoms with E-state index in [1.807, 2.05) is 0 Å². The molecule has 0 heterocycles. The van der Waals surface area contributed by atoms with Crippen molar-refractivity contribution in [3.8, 4) is 0 Å². The minimum Gasteiger partial charge on any atom is -0.0616 e. The first-order chi connectivity index (χ1) is 5.17. The second-order valence-electron chi connectivity index (χ2n) is 2.59. The molecule has 0 bridgehead atoms. The smallest absolute Gasteiger partial charge is 0.0616 e. The predicted octanol–water partition coefficient (Wildman–Crippen LogP) is 1.83. The van der Waals surface area contributed by atoms with E-state index in [1.54, 1.807) is 0 Å². The van der Waals surface area contributed by atoms with Crippen molar-refractivity contribution in [2.24, 2.45) is 0 Å². The van der Waals surface area contributed by atoms with Crippen molar-refractivity contribution < 1.29 is 0 Å². The average molecular weight is 368 g/mol. The molecule has 11 heavy (non-hydrogen) atoms. The molecule has 0 aliphatic heterocycles. The van der Waals surface area contributed by atoms with Crippen LogP contribution in [0.2, 0.25) is 0 Å². The lowest BCUT2D eigenvalue weighted by Gasteiger charge is -2.03. The van der Waals surface area contributed by atoms with E-state index in [9.17, 15) is 0 Å². The molecular weight excluding hydrogens is 362 g/mol. The Morgan fingerprint density at radius 1 is 0.909 bits per heavy atom. The van der Waals surface area contributed by atoms with Gasteiger partial charge in [0.15, 0.2) is 0 Å². The molecule has 0 aromatic heterocycles. The molecule has 0 atom stereocenters. The summed E-state index contributed by atoms with van der Waals surface area (Å²) in [4.78, 5) is 0. The Morgan fingerprint density at radius 2 is 1.36 bits per heavy atom. The van der Waals surface area contributed by atoms with Gasteiger partial charge >= 0.3 is 0 Å². The van der Waals surface area contributed by atoms with E-state index >= 15 is 0 Å². The third kappa shape index (κ3) is 1.61. The first-order valence-electron chi connectivity index (χ1n) is 3.36. The summed E-state index contributed by atoms with van der Waals surface area (Å²) in [5.41, 5.74) is 0. The fourth-order valence-corrected chi connectivity index (χ4v) is 2.57. The maximum atomic E-state index is 2.44. The molecule has 0 saturated carbocycles. The van der Waals surface area contributed by atoms with Gasteiger partial charge in [-0.25, -0.2) is 0 Å². The van der Waals surface area contributed by atoms with Gasteiger partial charge in [-0.15, -0.1) is 0 Å². The van der Waals surface area contributed by atoms with Gasteiger partial charge in [0.1, 0.15) is 1.43 Å².